The lowest BCUT2D eigenvalue weighted by Crippen LogP contribution is -2.37. The number of oxazole rings is 1. The van der Waals surface area contributed by atoms with E-state index in [1.54, 1.807) is 0 Å². The maximum absolute atomic E-state index is 5.34. The number of nitrogens with zero attached hydrogens (tertiary/aromatic N) is 2. The molecule has 1 aromatic heterocycles. The maximum atomic E-state index is 5.34. The average Bonchev–Trinajstić information content (AvgIpc) is 2.86. The third kappa shape index (κ3) is 2.33. The number of ether oxygens (including phenoxy) is 1. The van der Waals surface area contributed by atoms with Crippen LogP contribution in [0.1, 0.15) is 5.56 Å². The van der Waals surface area contributed by atoms with Crippen molar-refractivity contribution in [1.82, 2.24) is 9.88 Å². The third-order valence-electron chi connectivity index (χ3n) is 3.25. The summed E-state index contributed by atoms with van der Waals surface area (Å²) in [6.45, 7) is 4.85. The highest BCUT2D eigenvalue weighted by atomic mass is 16.5. The van der Waals surface area contributed by atoms with Crippen molar-refractivity contribution in [3.05, 3.63) is 30.2 Å². The maximum Gasteiger partial charge on any atom is 0.181 e. The summed E-state index contributed by atoms with van der Waals surface area (Å²) in [5.41, 5.74) is 3.15. The fourth-order valence-electron chi connectivity index (χ4n) is 2.25. The number of para-hydroxylation sites is 1. The molecular weight excluding hydrogens is 216 g/mol. The van der Waals surface area contributed by atoms with Crippen LogP contribution < -0.4 is 0 Å². The summed E-state index contributed by atoms with van der Waals surface area (Å²) in [7, 11) is 0. The molecule has 3 rings (SSSR count). The van der Waals surface area contributed by atoms with Crippen molar-refractivity contribution in [2.75, 3.05) is 32.8 Å². The Morgan fingerprint density at radius 3 is 3.00 bits per heavy atom. The SMILES string of the molecule is c1cc(CCN2CCOCC2)c2ncoc2c1. The van der Waals surface area contributed by atoms with Gasteiger partial charge in [0.2, 0.25) is 0 Å². The summed E-state index contributed by atoms with van der Waals surface area (Å²) >= 11 is 0. The van der Waals surface area contributed by atoms with Gasteiger partial charge in [-0.05, 0) is 18.1 Å². The van der Waals surface area contributed by atoms with E-state index >= 15 is 0 Å². The van der Waals surface area contributed by atoms with Crippen molar-refractivity contribution >= 4 is 11.1 Å². The Morgan fingerprint density at radius 2 is 2.12 bits per heavy atom. The van der Waals surface area contributed by atoms with Crippen LogP contribution in [0.25, 0.3) is 11.1 Å². The van der Waals surface area contributed by atoms with Crippen molar-refractivity contribution < 1.29 is 9.15 Å². The fourth-order valence-corrected chi connectivity index (χ4v) is 2.25. The van der Waals surface area contributed by atoms with Crippen molar-refractivity contribution in [3.63, 3.8) is 0 Å². The fraction of sp³-hybridized carbons (Fsp3) is 0.462. The van der Waals surface area contributed by atoms with Gasteiger partial charge in [-0.1, -0.05) is 12.1 Å². The van der Waals surface area contributed by atoms with Crippen molar-refractivity contribution in [2.24, 2.45) is 0 Å². The summed E-state index contributed by atoms with van der Waals surface area (Å²) in [4.78, 5) is 6.71. The van der Waals surface area contributed by atoms with E-state index in [1.807, 2.05) is 12.1 Å². The molecule has 2 aromatic rings. The van der Waals surface area contributed by atoms with Crippen molar-refractivity contribution in [3.8, 4) is 0 Å². The van der Waals surface area contributed by atoms with Crippen molar-refractivity contribution in [2.45, 2.75) is 6.42 Å². The van der Waals surface area contributed by atoms with E-state index in [9.17, 15) is 0 Å². The molecule has 1 aliphatic heterocycles. The molecule has 17 heavy (non-hydrogen) atoms. The molecule has 0 atom stereocenters. The molecule has 2 heterocycles. The molecule has 0 N–H and O–H groups in total. The Hall–Kier alpha value is -1.39. The van der Waals surface area contributed by atoms with Gasteiger partial charge in [0.15, 0.2) is 12.0 Å². The highest BCUT2D eigenvalue weighted by Gasteiger charge is 2.11. The quantitative estimate of drug-likeness (QED) is 0.807. The predicted octanol–water partition coefficient (Wildman–Crippen LogP) is 1.70. The van der Waals surface area contributed by atoms with Gasteiger partial charge in [-0.2, -0.15) is 0 Å². The van der Waals surface area contributed by atoms with Crippen LogP contribution in [0.3, 0.4) is 0 Å². The minimum atomic E-state index is 0.855. The molecule has 0 saturated carbocycles. The van der Waals surface area contributed by atoms with Crippen molar-refractivity contribution in [1.29, 1.82) is 0 Å². The monoisotopic (exact) mass is 232 g/mol. The number of aromatic nitrogens is 1. The third-order valence-corrected chi connectivity index (χ3v) is 3.25. The van der Waals surface area contributed by atoms with Crippen LogP contribution in [0.15, 0.2) is 29.0 Å². The summed E-state index contributed by atoms with van der Waals surface area (Å²) in [6, 6.07) is 6.12. The second-order valence-corrected chi connectivity index (χ2v) is 4.32. The topological polar surface area (TPSA) is 38.5 Å². The molecule has 0 radical (unpaired) electrons. The Bertz CT molecular complexity index is 489. The second-order valence-electron chi connectivity index (χ2n) is 4.32. The second kappa shape index (κ2) is 4.85. The van der Waals surface area contributed by atoms with Crippen LogP contribution in [-0.4, -0.2) is 42.7 Å². The van der Waals surface area contributed by atoms with Crippen LogP contribution >= 0.6 is 0 Å². The van der Waals surface area contributed by atoms with E-state index in [0.717, 1.165) is 50.4 Å². The van der Waals surface area contributed by atoms with Crippen LogP contribution in [0.5, 0.6) is 0 Å². The molecule has 4 heteroatoms. The molecule has 90 valence electrons. The molecule has 0 bridgehead atoms. The predicted molar refractivity (Wildman–Crippen MR) is 65.0 cm³/mol. The summed E-state index contributed by atoms with van der Waals surface area (Å²) in [5.74, 6) is 0. The van der Waals surface area contributed by atoms with E-state index < -0.39 is 0 Å². The zero-order valence-corrected chi connectivity index (χ0v) is 9.76. The molecule has 1 aromatic carbocycles. The zero-order chi connectivity index (χ0) is 11.5. The van der Waals surface area contributed by atoms with Crippen LogP contribution in [0.4, 0.5) is 0 Å². The van der Waals surface area contributed by atoms with Gasteiger partial charge >= 0.3 is 0 Å². The largest absolute Gasteiger partial charge is 0.443 e. The first-order chi connectivity index (χ1) is 8.43. The smallest absolute Gasteiger partial charge is 0.181 e. The average molecular weight is 232 g/mol. The van der Waals surface area contributed by atoms with Gasteiger partial charge in [-0.15, -0.1) is 0 Å². The van der Waals surface area contributed by atoms with E-state index in [2.05, 4.69) is 16.0 Å². The molecule has 1 aliphatic rings. The van der Waals surface area contributed by atoms with E-state index in [-0.39, 0.29) is 0 Å². The molecule has 0 aliphatic carbocycles. The van der Waals surface area contributed by atoms with Crippen LogP contribution in [0.2, 0.25) is 0 Å². The minimum Gasteiger partial charge on any atom is -0.443 e. The zero-order valence-electron chi connectivity index (χ0n) is 9.76. The summed E-state index contributed by atoms with van der Waals surface area (Å²) in [5, 5.41) is 0. The molecule has 0 unspecified atom stereocenters. The standard InChI is InChI=1S/C13H16N2O2/c1-2-11(13-12(3-1)17-10-14-13)4-5-15-6-8-16-9-7-15/h1-3,10H,4-9H2. The molecule has 0 amide bonds. The number of benzene rings is 1. The molecular formula is C13H16N2O2. The normalized spacial score (nSPS) is 17.6. The number of hydrogen-bond acceptors (Lipinski definition) is 4. The first kappa shape index (κ1) is 10.7. The number of hydrogen-bond donors (Lipinski definition) is 0. The van der Waals surface area contributed by atoms with Gasteiger partial charge in [0.1, 0.15) is 5.52 Å². The number of morpholine rings is 1. The Morgan fingerprint density at radius 1 is 1.24 bits per heavy atom. The van der Waals surface area contributed by atoms with Gasteiger partial charge in [-0.3, -0.25) is 4.90 Å². The minimum absolute atomic E-state index is 0.855. The van der Waals surface area contributed by atoms with Gasteiger partial charge in [-0.25, -0.2) is 4.98 Å². The lowest BCUT2D eigenvalue weighted by atomic mass is 10.1. The Kier molecular flexibility index (Phi) is 3.07. The van der Waals surface area contributed by atoms with E-state index in [4.69, 9.17) is 9.15 Å². The Balaban J connectivity index is 1.69. The van der Waals surface area contributed by atoms with Crippen LogP contribution in [-0.2, 0) is 11.2 Å². The van der Waals surface area contributed by atoms with Gasteiger partial charge < -0.3 is 9.15 Å². The van der Waals surface area contributed by atoms with E-state index in [1.165, 1.54) is 12.0 Å². The molecule has 4 nitrogen and oxygen atoms in total. The first-order valence-corrected chi connectivity index (χ1v) is 6.05. The van der Waals surface area contributed by atoms with Crippen LogP contribution in [0, 0.1) is 0 Å². The lowest BCUT2D eigenvalue weighted by Gasteiger charge is -2.26. The molecule has 1 fully saturated rings. The lowest BCUT2D eigenvalue weighted by molar-refractivity contribution is 0.0385. The summed E-state index contributed by atoms with van der Waals surface area (Å²) < 4.78 is 10.6. The van der Waals surface area contributed by atoms with E-state index in [0.29, 0.717) is 0 Å². The van der Waals surface area contributed by atoms with Gasteiger partial charge in [0.25, 0.3) is 0 Å². The highest BCUT2D eigenvalue weighted by Crippen LogP contribution is 2.17. The first-order valence-electron chi connectivity index (χ1n) is 6.05. The highest BCUT2D eigenvalue weighted by molar-refractivity contribution is 5.75. The number of rotatable bonds is 3. The molecule has 0 spiro atoms. The number of fused-ring (bicyclic) bond motifs is 1. The van der Waals surface area contributed by atoms with Gasteiger partial charge in [0.05, 0.1) is 13.2 Å². The summed E-state index contributed by atoms with van der Waals surface area (Å²) in [6.07, 6.45) is 2.53. The Labute approximate surface area is 100 Å². The molecule has 1 saturated heterocycles. The van der Waals surface area contributed by atoms with Gasteiger partial charge in [0, 0.05) is 19.6 Å².